The monoisotopic (exact) mass is 1160 g/mol. The third kappa shape index (κ3) is 57.9. The van der Waals surface area contributed by atoms with E-state index >= 15 is 0 Å². The van der Waals surface area contributed by atoms with Crippen molar-refractivity contribution in [2.24, 2.45) is 23.7 Å². The topological polar surface area (TPSA) is 47.1 Å². The van der Waals surface area contributed by atoms with Gasteiger partial charge in [0.15, 0.2) is 0 Å². The van der Waals surface area contributed by atoms with Gasteiger partial charge in [-0.25, -0.2) is 0 Å². The summed E-state index contributed by atoms with van der Waals surface area (Å²) in [7, 11) is 8.49. The van der Waals surface area contributed by atoms with E-state index in [9.17, 15) is 9.59 Å². The summed E-state index contributed by atoms with van der Waals surface area (Å²) in [4.78, 5) is 36.7. The molecule has 0 radical (unpaired) electrons. The van der Waals surface area contributed by atoms with E-state index in [4.69, 9.17) is 0 Å². The van der Waals surface area contributed by atoms with Crippen molar-refractivity contribution < 1.29 is 9.59 Å². The van der Waals surface area contributed by atoms with Crippen molar-refractivity contribution >= 4 is 11.8 Å². The highest BCUT2D eigenvalue weighted by Crippen LogP contribution is 2.27. The number of hydrogen-bond donors (Lipinski definition) is 0. The van der Waals surface area contributed by atoms with E-state index in [0.29, 0.717) is 41.9 Å². The molecule has 2 amide bonds. The molecule has 0 spiro atoms. The maximum atomic E-state index is 13.8. The minimum absolute atomic E-state index is 0.414. The van der Waals surface area contributed by atoms with Gasteiger partial charge in [0.25, 0.3) is 0 Å². The van der Waals surface area contributed by atoms with E-state index in [1.54, 1.807) is 0 Å². The molecule has 0 aliphatic heterocycles. The molecule has 0 heterocycles. The van der Waals surface area contributed by atoms with Crippen LogP contribution >= 0.6 is 0 Å². The standard InChI is InChI=1S/C39H80N2O.C37H76N2O/c1-7-11-15-19-21-25-31-37(29-23-17-13-9-3)35-41(39(42)33-27-28-34-40(5)6)36-38(30-24-18-14-10-4)32-26-22-20-16-12-8-2;1-7-11-15-19-21-25-29-35(27-23-17-13-9-3)33-39(37(40)31-32-38(5)6)34-36(28-24-18-14-10-4)30-26-22-20-16-12-8-2/h37-38H,7-36H2,1-6H3;35-36H,7-34H2,1-6H3. The summed E-state index contributed by atoms with van der Waals surface area (Å²) in [6, 6.07) is 0. The van der Waals surface area contributed by atoms with Gasteiger partial charge in [-0.3, -0.25) is 9.59 Å². The third-order valence-electron chi connectivity index (χ3n) is 18.4. The Morgan fingerprint density at radius 3 is 0.646 bits per heavy atom. The second-order valence-corrected chi connectivity index (χ2v) is 27.5. The highest BCUT2D eigenvalue weighted by molar-refractivity contribution is 5.76. The first kappa shape index (κ1) is 82.9. The smallest absolute Gasteiger partial charge is 0.223 e. The number of carbonyl (C=O) groups is 2. The molecule has 0 aromatic heterocycles. The molecule has 4 atom stereocenters. The number of hydrogen-bond acceptors (Lipinski definition) is 4. The van der Waals surface area contributed by atoms with Gasteiger partial charge in [-0.05, 0) is 123 Å². The van der Waals surface area contributed by atoms with Crippen molar-refractivity contribution in [3.05, 3.63) is 0 Å². The lowest BCUT2D eigenvalue weighted by Gasteiger charge is -2.32. The van der Waals surface area contributed by atoms with Crippen LogP contribution in [0.5, 0.6) is 0 Å². The maximum Gasteiger partial charge on any atom is 0.223 e. The van der Waals surface area contributed by atoms with Crippen molar-refractivity contribution in [1.29, 1.82) is 0 Å². The fourth-order valence-corrected chi connectivity index (χ4v) is 12.7. The molecule has 82 heavy (non-hydrogen) atoms. The number of nitrogens with zero attached hydrogens (tertiary/aromatic N) is 4. The van der Waals surface area contributed by atoms with E-state index in [1.807, 2.05) is 0 Å². The van der Waals surface area contributed by atoms with E-state index in [-0.39, 0.29) is 0 Å². The molecule has 4 unspecified atom stereocenters. The zero-order valence-electron chi connectivity index (χ0n) is 58.9. The van der Waals surface area contributed by atoms with Gasteiger partial charge in [0.1, 0.15) is 0 Å². The van der Waals surface area contributed by atoms with E-state index < -0.39 is 0 Å². The van der Waals surface area contributed by atoms with Crippen molar-refractivity contribution in [3.8, 4) is 0 Å². The predicted octanol–water partition coefficient (Wildman–Crippen LogP) is 23.7. The molecule has 0 aromatic rings. The molecule has 6 heteroatoms. The van der Waals surface area contributed by atoms with Crippen LogP contribution in [0.25, 0.3) is 0 Å². The lowest BCUT2D eigenvalue weighted by Crippen LogP contribution is -2.40. The van der Waals surface area contributed by atoms with Crippen LogP contribution in [-0.4, -0.2) is 98.9 Å². The van der Waals surface area contributed by atoms with Crippen LogP contribution in [0.1, 0.15) is 389 Å². The first-order valence-corrected chi connectivity index (χ1v) is 37.8. The highest BCUT2D eigenvalue weighted by atomic mass is 16.2. The normalized spacial score (nSPS) is 13.1. The summed E-state index contributed by atoms with van der Waals surface area (Å²) in [6.07, 6.45) is 68.4. The Morgan fingerprint density at radius 1 is 0.232 bits per heavy atom. The van der Waals surface area contributed by atoms with Crippen LogP contribution in [0.15, 0.2) is 0 Å². The van der Waals surface area contributed by atoms with Crippen molar-refractivity contribution in [2.45, 2.75) is 389 Å². The first-order chi connectivity index (χ1) is 40.0. The Kier molecular flexibility index (Phi) is 66.6. The van der Waals surface area contributed by atoms with E-state index in [0.717, 1.165) is 58.5 Å². The summed E-state index contributed by atoms with van der Waals surface area (Å²) >= 11 is 0. The molecular weight excluding hydrogens is 1000 g/mol. The SMILES string of the molecule is CCCCCCCCC(CCCCCC)CN(CC(CCCCCC)CCCCCCCC)C(=O)CCCCN(C)C.CCCCCCCCC(CCCCCC)CN(CC(CCCCCC)CCCCCCCC)C(=O)CCN(C)C. The number of rotatable bonds is 64. The fourth-order valence-electron chi connectivity index (χ4n) is 12.7. The summed E-state index contributed by atoms with van der Waals surface area (Å²) in [5.74, 6) is 3.61. The van der Waals surface area contributed by atoms with Crippen LogP contribution in [0, 0.1) is 23.7 Å². The summed E-state index contributed by atoms with van der Waals surface area (Å²) < 4.78 is 0. The molecule has 0 saturated heterocycles. The summed E-state index contributed by atoms with van der Waals surface area (Å²) in [5, 5.41) is 0. The van der Waals surface area contributed by atoms with Crippen LogP contribution < -0.4 is 0 Å². The minimum Gasteiger partial charge on any atom is -0.342 e. The molecule has 0 fully saturated rings. The van der Waals surface area contributed by atoms with Gasteiger partial charge in [0.05, 0.1) is 0 Å². The second-order valence-electron chi connectivity index (χ2n) is 27.5. The molecule has 6 nitrogen and oxygen atoms in total. The molecule has 0 aliphatic rings. The van der Waals surface area contributed by atoms with Crippen LogP contribution in [0.4, 0.5) is 0 Å². The average molecular weight is 1160 g/mol. The molecule has 0 N–H and O–H groups in total. The van der Waals surface area contributed by atoms with Gasteiger partial charge in [0, 0.05) is 45.6 Å². The Bertz CT molecular complexity index is 1190. The quantitative estimate of drug-likeness (QED) is 0.0570. The van der Waals surface area contributed by atoms with Crippen LogP contribution in [-0.2, 0) is 9.59 Å². The maximum absolute atomic E-state index is 13.8. The lowest BCUT2D eigenvalue weighted by molar-refractivity contribution is -0.133. The Hall–Kier alpha value is -1.14. The zero-order valence-corrected chi connectivity index (χ0v) is 58.9. The van der Waals surface area contributed by atoms with Gasteiger partial charge in [-0.15, -0.1) is 0 Å². The van der Waals surface area contributed by atoms with Crippen molar-refractivity contribution in [1.82, 2.24) is 19.6 Å². The first-order valence-electron chi connectivity index (χ1n) is 37.8. The van der Waals surface area contributed by atoms with Gasteiger partial charge in [-0.1, -0.05) is 312 Å². The van der Waals surface area contributed by atoms with E-state index in [2.05, 4.69) is 103 Å². The van der Waals surface area contributed by atoms with Gasteiger partial charge >= 0.3 is 0 Å². The van der Waals surface area contributed by atoms with Crippen LogP contribution in [0.3, 0.4) is 0 Å². The fraction of sp³-hybridized carbons (Fsp3) is 0.974. The van der Waals surface area contributed by atoms with Gasteiger partial charge in [-0.2, -0.15) is 0 Å². The molecule has 0 saturated carbocycles. The average Bonchev–Trinajstić information content (AvgIpc) is 3.46. The molecule has 492 valence electrons. The summed E-state index contributed by atoms with van der Waals surface area (Å²) in [6.45, 7) is 24.5. The zero-order chi connectivity index (χ0) is 60.8. The molecule has 0 aliphatic carbocycles. The lowest BCUT2D eigenvalue weighted by atomic mass is 9.91. The molecule has 0 aromatic carbocycles. The van der Waals surface area contributed by atoms with Crippen molar-refractivity contribution in [2.75, 3.05) is 67.5 Å². The van der Waals surface area contributed by atoms with E-state index in [1.165, 1.54) is 308 Å². The van der Waals surface area contributed by atoms with Gasteiger partial charge < -0.3 is 19.6 Å². The Balaban J connectivity index is 0. The Labute approximate surface area is 518 Å². The second kappa shape index (κ2) is 65.8. The minimum atomic E-state index is 0.414. The summed E-state index contributed by atoms with van der Waals surface area (Å²) in [5.41, 5.74) is 0. The van der Waals surface area contributed by atoms with Crippen molar-refractivity contribution in [3.63, 3.8) is 0 Å². The highest BCUT2D eigenvalue weighted by Gasteiger charge is 2.25. The largest absolute Gasteiger partial charge is 0.342 e. The Morgan fingerprint density at radius 2 is 0.427 bits per heavy atom. The molecule has 0 bridgehead atoms. The predicted molar refractivity (Wildman–Crippen MR) is 370 cm³/mol. The molecule has 0 rings (SSSR count). The number of amides is 2. The van der Waals surface area contributed by atoms with Gasteiger partial charge in [0.2, 0.25) is 11.8 Å². The number of carbonyl (C=O) groups excluding carboxylic acids is 2. The molecular formula is C76H156N4O2. The van der Waals surface area contributed by atoms with Crippen LogP contribution in [0.2, 0.25) is 0 Å². The number of unbranched alkanes of at least 4 members (excludes halogenated alkanes) is 33. The third-order valence-corrected chi connectivity index (χ3v) is 18.4.